The van der Waals surface area contributed by atoms with E-state index in [0.717, 1.165) is 32.9 Å². The second-order valence-corrected chi connectivity index (χ2v) is 9.55. The summed E-state index contributed by atoms with van der Waals surface area (Å²) in [4.78, 5) is 43.5. The van der Waals surface area contributed by atoms with Crippen LogP contribution in [0.5, 0.6) is 0 Å². The number of fused-ring (bicyclic) bond motifs is 2. The molecule has 0 radical (unpaired) electrons. The van der Waals surface area contributed by atoms with Crippen LogP contribution in [0.15, 0.2) is 72.1 Å². The zero-order chi connectivity index (χ0) is 22.8. The van der Waals surface area contributed by atoms with Gasteiger partial charge in [-0.2, -0.15) is 0 Å². The number of carbonyl (C=O) groups excluding carboxylic acids is 3. The van der Waals surface area contributed by atoms with Crippen LogP contribution < -0.4 is 5.32 Å². The standard InChI is InChI=1S/C26H25N3O3S/c30-23(28(17-21-10-6-16-33-21)15-13-19-7-2-1-3-8-19)18-29-24(31)26(27-25(29)32)14-12-20-9-4-5-11-22(20)26/h1-11,16H,12-15,17-18H2,(H,27,32)/t26-/m1/s1. The fourth-order valence-electron chi connectivity index (χ4n) is 4.76. The molecule has 0 bridgehead atoms. The third kappa shape index (κ3) is 4.04. The number of imide groups is 1. The van der Waals surface area contributed by atoms with Gasteiger partial charge in [0.05, 0.1) is 6.54 Å². The quantitative estimate of drug-likeness (QED) is 0.548. The predicted octanol–water partition coefficient (Wildman–Crippen LogP) is 3.71. The maximum Gasteiger partial charge on any atom is 0.325 e. The van der Waals surface area contributed by atoms with E-state index in [2.05, 4.69) is 5.32 Å². The van der Waals surface area contributed by atoms with E-state index >= 15 is 0 Å². The van der Waals surface area contributed by atoms with E-state index in [1.807, 2.05) is 72.1 Å². The summed E-state index contributed by atoms with van der Waals surface area (Å²) >= 11 is 1.59. The van der Waals surface area contributed by atoms with E-state index in [-0.39, 0.29) is 18.4 Å². The summed E-state index contributed by atoms with van der Waals surface area (Å²) in [6.07, 6.45) is 1.95. The van der Waals surface area contributed by atoms with E-state index < -0.39 is 11.6 Å². The zero-order valence-electron chi connectivity index (χ0n) is 18.2. The Kier molecular flexibility index (Phi) is 5.72. The second kappa shape index (κ2) is 8.83. The molecule has 1 N–H and O–H groups in total. The molecule has 0 unspecified atom stereocenters. The molecular weight excluding hydrogens is 434 g/mol. The Bertz CT molecular complexity index is 1180. The minimum Gasteiger partial charge on any atom is -0.336 e. The van der Waals surface area contributed by atoms with Crippen LogP contribution in [0.2, 0.25) is 0 Å². The Morgan fingerprint density at radius 1 is 1.03 bits per heavy atom. The molecule has 1 aliphatic carbocycles. The number of thiophene rings is 1. The highest BCUT2D eigenvalue weighted by atomic mass is 32.1. The summed E-state index contributed by atoms with van der Waals surface area (Å²) in [5, 5.41) is 4.88. The van der Waals surface area contributed by atoms with E-state index in [0.29, 0.717) is 25.9 Å². The van der Waals surface area contributed by atoms with E-state index in [1.54, 1.807) is 16.2 Å². The highest BCUT2D eigenvalue weighted by Crippen LogP contribution is 2.41. The van der Waals surface area contributed by atoms with Crippen molar-refractivity contribution in [2.45, 2.75) is 31.3 Å². The molecule has 1 atom stereocenters. The van der Waals surface area contributed by atoms with Crippen LogP contribution in [0.25, 0.3) is 0 Å². The lowest BCUT2D eigenvalue weighted by molar-refractivity contribution is -0.139. The minimum atomic E-state index is -1.05. The number of carbonyl (C=O) groups is 3. The smallest absolute Gasteiger partial charge is 0.325 e. The van der Waals surface area contributed by atoms with Gasteiger partial charge in [0.25, 0.3) is 5.91 Å². The molecular formula is C26H25N3O3S. The first-order valence-electron chi connectivity index (χ1n) is 11.1. The third-order valence-corrected chi connectivity index (χ3v) is 7.37. The number of aryl methyl sites for hydroxylation is 1. The summed E-state index contributed by atoms with van der Waals surface area (Å²) in [5.74, 6) is -0.559. The summed E-state index contributed by atoms with van der Waals surface area (Å²) in [6, 6.07) is 21.2. The highest BCUT2D eigenvalue weighted by Gasteiger charge is 2.55. The zero-order valence-corrected chi connectivity index (χ0v) is 19.0. The first kappa shape index (κ1) is 21.4. The van der Waals surface area contributed by atoms with Crippen LogP contribution in [0.3, 0.4) is 0 Å². The lowest BCUT2D eigenvalue weighted by Gasteiger charge is -2.25. The molecule has 0 saturated carbocycles. The van der Waals surface area contributed by atoms with Gasteiger partial charge in [-0.05, 0) is 47.4 Å². The largest absolute Gasteiger partial charge is 0.336 e. The Labute approximate surface area is 196 Å². The van der Waals surface area contributed by atoms with Crippen molar-refractivity contribution in [1.82, 2.24) is 15.1 Å². The van der Waals surface area contributed by atoms with Crippen LogP contribution in [0.4, 0.5) is 4.79 Å². The number of nitrogens with zero attached hydrogens (tertiary/aromatic N) is 2. The van der Waals surface area contributed by atoms with Crippen molar-refractivity contribution < 1.29 is 14.4 Å². The molecule has 2 heterocycles. The van der Waals surface area contributed by atoms with Crippen molar-refractivity contribution in [2.24, 2.45) is 0 Å². The third-order valence-electron chi connectivity index (χ3n) is 6.51. The maximum absolute atomic E-state index is 13.4. The van der Waals surface area contributed by atoms with Crippen LogP contribution in [0, 0.1) is 0 Å². The normalized spacial score (nSPS) is 19.1. The van der Waals surface area contributed by atoms with Gasteiger partial charge in [-0.3, -0.25) is 14.5 Å². The van der Waals surface area contributed by atoms with Gasteiger partial charge in [-0.15, -0.1) is 11.3 Å². The van der Waals surface area contributed by atoms with Crippen molar-refractivity contribution >= 4 is 29.2 Å². The number of urea groups is 1. The Morgan fingerprint density at radius 3 is 2.61 bits per heavy atom. The Hall–Kier alpha value is -3.45. The van der Waals surface area contributed by atoms with Crippen molar-refractivity contribution in [3.05, 3.63) is 93.7 Å². The van der Waals surface area contributed by atoms with Crippen LogP contribution in [0.1, 0.15) is 28.0 Å². The molecule has 3 aromatic rings. The fourth-order valence-corrected chi connectivity index (χ4v) is 5.48. The number of hydrogen-bond donors (Lipinski definition) is 1. The number of amides is 4. The first-order valence-corrected chi connectivity index (χ1v) is 12.0. The fraction of sp³-hybridized carbons (Fsp3) is 0.269. The molecule has 33 heavy (non-hydrogen) atoms. The minimum absolute atomic E-state index is 0.230. The maximum atomic E-state index is 13.4. The average molecular weight is 460 g/mol. The number of benzene rings is 2. The monoisotopic (exact) mass is 459 g/mol. The van der Waals surface area contributed by atoms with Gasteiger partial charge in [0, 0.05) is 11.4 Å². The van der Waals surface area contributed by atoms with Crippen LogP contribution in [-0.2, 0) is 34.5 Å². The topological polar surface area (TPSA) is 69.7 Å². The van der Waals surface area contributed by atoms with Crippen molar-refractivity contribution in [2.75, 3.05) is 13.1 Å². The number of hydrogen-bond acceptors (Lipinski definition) is 4. The molecule has 1 aliphatic heterocycles. The summed E-state index contributed by atoms with van der Waals surface area (Å²) < 4.78 is 0. The molecule has 1 saturated heterocycles. The lowest BCUT2D eigenvalue weighted by Crippen LogP contribution is -2.45. The van der Waals surface area contributed by atoms with Crippen LogP contribution >= 0.6 is 11.3 Å². The Morgan fingerprint density at radius 2 is 1.82 bits per heavy atom. The molecule has 2 aliphatic rings. The SMILES string of the molecule is O=C(CN1C(=O)N[C@@]2(CCc3ccccc32)C1=O)N(CCc1ccccc1)Cc1cccs1. The molecule has 7 heteroatoms. The average Bonchev–Trinajstić information content (AvgIpc) is 3.54. The van der Waals surface area contributed by atoms with Gasteiger partial charge in [-0.1, -0.05) is 60.7 Å². The summed E-state index contributed by atoms with van der Waals surface area (Å²) in [6.45, 7) is 0.716. The van der Waals surface area contributed by atoms with E-state index in [9.17, 15) is 14.4 Å². The van der Waals surface area contributed by atoms with Crippen molar-refractivity contribution in [3.8, 4) is 0 Å². The van der Waals surface area contributed by atoms with Gasteiger partial charge in [0.2, 0.25) is 5.91 Å². The number of nitrogens with one attached hydrogen (secondary N) is 1. The molecule has 4 amide bonds. The Balaban J connectivity index is 1.33. The summed E-state index contributed by atoms with van der Waals surface area (Å²) in [5.41, 5.74) is 2.01. The highest BCUT2D eigenvalue weighted by molar-refractivity contribution is 7.09. The first-order chi connectivity index (χ1) is 16.1. The molecule has 6 nitrogen and oxygen atoms in total. The lowest BCUT2D eigenvalue weighted by atomic mass is 9.92. The molecule has 1 aromatic heterocycles. The molecule has 2 aromatic carbocycles. The molecule has 1 spiro atoms. The van der Waals surface area contributed by atoms with Crippen LogP contribution in [-0.4, -0.2) is 40.7 Å². The van der Waals surface area contributed by atoms with E-state index in [4.69, 9.17) is 0 Å². The van der Waals surface area contributed by atoms with E-state index in [1.165, 1.54) is 0 Å². The number of rotatable bonds is 7. The van der Waals surface area contributed by atoms with Gasteiger partial charge in [-0.25, -0.2) is 4.79 Å². The molecule has 5 rings (SSSR count). The molecule has 168 valence electrons. The van der Waals surface area contributed by atoms with Gasteiger partial charge < -0.3 is 10.2 Å². The van der Waals surface area contributed by atoms with Gasteiger partial charge in [0.15, 0.2) is 0 Å². The van der Waals surface area contributed by atoms with Gasteiger partial charge in [0.1, 0.15) is 12.1 Å². The van der Waals surface area contributed by atoms with Crippen molar-refractivity contribution in [3.63, 3.8) is 0 Å². The summed E-state index contributed by atoms with van der Waals surface area (Å²) in [7, 11) is 0. The predicted molar refractivity (Wildman–Crippen MR) is 127 cm³/mol. The van der Waals surface area contributed by atoms with Gasteiger partial charge >= 0.3 is 6.03 Å². The molecule has 1 fully saturated rings. The van der Waals surface area contributed by atoms with Crippen molar-refractivity contribution in [1.29, 1.82) is 0 Å². The second-order valence-electron chi connectivity index (χ2n) is 8.51.